The molecular weight excluding hydrogens is 610 g/mol. The van der Waals surface area contributed by atoms with E-state index in [2.05, 4.69) is 47.7 Å². The number of amides is 2. The van der Waals surface area contributed by atoms with Gasteiger partial charge in [0, 0.05) is 10.0 Å². The van der Waals surface area contributed by atoms with E-state index in [9.17, 15) is 9.59 Å². The topological polar surface area (TPSA) is 79.8 Å². The minimum atomic E-state index is -0.504. The fraction of sp³-hybridized carbons (Fsp3) is 0.100. The lowest BCUT2D eigenvalue weighted by Gasteiger charge is -2.18. The molecule has 6 nitrogen and oxygen atoms in total. The standard InChI is InChI=1S/C30H25Br2N3O3/c31-25-14-11-21(12-15-25)20-38-28-16-13-22(17-26(28)32)19-33-35-29(36)18-27(23-7-3-1-4-8-23)34-30(37)24-9-5-2-6-10-24/h1-17,19,27H,18,20H2,(H,34,37)(H,35,36)/b33-19-/t27-/m0/s1. The molecule has 0 aromatic heterocycles. The maximum absolute atomic E-state index is 12.7. The van der Waals surface area contributed by atoms with Gasteiger partial charge in [0.2, 0.25) is 5.91 Å². The Bertz CT molecular complexity index is 1400. The van der Waals surface area contributed by atoms with Gasteiger partial charge in [0.15, 0.2) is 0 Å². The first kappa shape index (κ1) is 27.3. The van der Waals surface area contributed by atoms with Crippen molar-refractivity contribution in [1.29, 1.82) is 0 Å². The molecule has 0 saturated heterocycles. The molecule has 4 rings (SSSR count). The van der Waals surface area contributed by atoms with Gasteiger partial charge in [0.05, 0.1) is 23.1 Å². The molecule has 8 heteroatoms. The number of carbonyl (C=O) groups excluding carboxylic acids is 2. The van der Waals surface area contributed by atoms with Gasteiger partial charge < -0.3 is 10.1 Å². The first-order chi connectivity index (χ1) is 18.5. The largest absolute Gasteiger partial charge is 0.488 e. The zero-order chi connectivity index (χ0) is 26.7. The van der Waals surface area contributed by atoms with E-state index in [1.54, 1.807) is 30.5 Å². The minimum Gasteiger partial charge on any atom is -0.488 e. The molecule has 2 N–H and O–H groups in total. The fourth-order valence-corrected chi connectivity index (χ4v) is 4.41. The van der Waals surface area contributed by atoms with Gasteiger partial charge in [-0.05, 0) is 75.1 Å². The van der Waals surface area contributed by atoms with Gasteiger partial charge >= 0.3 is 0 Å². The highest BCUT2D eigenvalue weighted by Crippen LogP contribution is 2.26. The number of benzene rings is 4. The molecule has 4 aromatic rings. The van der Waals surface area contributed by atoms with Crippen LogP contribution >= 0.6 is 31.9 Å². The number of hydrogen-bond donors (Lipinski definition) is 2. The Hall–Kier alpha value is -3.75. The average Bonchev–Trinajstić information content (AvgIpc) is 2.94. The first-order valence-corrected chi connectivity index (χ1v) is 13.5. The van der Waals surface area contributed by atoms with Crippen LogP contribution in [0.15, 0.2) is 117 Å². The van der Waals surface area contributed by atoms with Crippen LogP contribution in [-0.4, -0.2) is 18.0 Å². The van der Waals surface area contributed by atoms with Crippen molar-refractivity contribution in [3.8, 4) is 5.75 Å². The van der Waals surface area contributed by atoms with Crippen molar-refractivity contribution in [2.24, 2.45) is 5.10 Å². The molecule has 0 fully saturated rings. The zero-order valence-corrected chi connectivity index (χ0v) is 23.5. The van der Waals surface area contributed by atoms with Gasteiger partial charge in [-0.25, -0.2) is 5.43 Å². The second kappa shape index (κ2) is 13.7. The van der Waals surface area contributed by atoms with Crippen LogP contribution in [0.5, 0.6) is 5.75 Å². The first-order valence-electron chi connectivity index (χ1n) is 11.9. The van der Waals surface area contributed by atoms with Gasteiger partial charge in [-0.2, -0.15) is 5.10 Å². The molecule has 0 radical (unpaired) electrons. The molecule has 4 aromatic carbocycles. The second-order valence-corrected chi connectivity index (χ2v) is 10.2. The molecule has 2 amide bonds. The maximum Gasteiger partial charge on any atom is 0.251 e. The highest BCUT2D eigenvalue weighted by molar-refractivity contribution is 9.10. The number of rotatable bonds is 10. The zero-order valence-electron chi connectivity index (χ0n) is 20.3. The Morgan fingerprint density at radius 2 is 1.55 bits per heavy atom. The minimum absolute atomic E-state index is 0.0342. The van der Waals surface area contributed by atoms with Crippen molar-refractivity contribution >= 4 is 49.9 Å². The number of hydrazone groups is 1. The van der Waals surface area contributed by atoms with Gasteiger partial charge in [-0.3, -0.25) is 9.59 Å². The Morgan fingerprint density at radius 1 is 0.868 bits per heavy atom. The molecule has 0 saturated carbocycles. The monoisotopic (exact) mass is 633 g/mol. The summed E-state index contributed by atoms with van der Waals surface area (Å²) in [4.78, 5) is 25.4. The fourth-order valence-electron chi connectivity index (χ4n) is 3.63. The normalized spacial score (nSPS) is 11.6. The van der Waals surface area contributed by atoms with Crippen molar-refractivity contribution in [3.63, 3.8) is 0 Å². The van der Waals surface area contributed by atoms with E-state index in [0.717, 1.165) is 25.6 Å². The summed E-state index contributed by atoms with van der Waals surface area (Å²) in [5.41, 5.74) is 5.76. The van der Waals surface area contributed by atoms with E-state index in [0.29, 0.717) is 17.9 Å². The van der Waals surface area contributed by atoms with Gasteiger partial charge in [0.1, 0.15) is 12.4 Å². The molecule has 0 aliphatic carbocycles. The second-order valence-electron chi connectivity index (χ2n) is 8.41. The predicted octanol–water partition coefficient (Wildman–Crippen LogP) is 6.80. The molecule has 192 valence electrons. The Morgan fingerprint density at radius 3 is 2.24 bits per heavy atom. The van der Waals surface area contributed by atoms with Crippen LogP contribution in [0, 0.1) is 0 Å². The summed E-state index contributed by atoms with van der Waals surface area (Å²) in [6, 6.07) is 31.3. The van der Waals surface area contributed by atoms with Crippen molar-refractivity contribution in [3.05, 3.63) is 134 Å². The average molecular weight is 635 g/mol. The summed E-state index contributed by atoms with van der Waals surface area (Å²) >= 11 is 6.96. The van der Waals surface area contributed by atoms with Crippen LogP contribution < -0.4 is 15.5 Å². The lowest BCUT2D eigenvalue weighted by Crippen LogP contribution is -2.32. The Labute approximate surface area is 238 Å². The van der Waals surface area contributed by atoms with Gasteiger partial charge in [-0.15, -0.1) is 0 Å². The summed E-state index contributed by atoms with van der Waals surface area (Å²) in [5.74, 6) is 0.133. The molecular formula is C30H25Br2N3O3. The van der Waals surface area contributed by atoms with Gasteiger partial charge in [-0.1, -0.05) is 76.6 Å². The summed E-state index contributed by atoms with van der Waals surface area (Å²) < 4.78 is 7.69. The van der Waals surface area contributed by atoms with Crippen LogP contribution in [0.2, 0.25) is 0 Å². The molecule has 0 aliphatic heterocycles. The van der Waals surface area contributed by atoms with E-state index in [1.165, 1.54) is 0 Å². The lowest BCUT2D eigenvalue weighted by molar-refractivity contribution is -0.121. The number of nitrogens with zero attached hydrogens (tertiary/aromatic N) is 1. The van der Waals surface area contributed by atoms with Crippen LogP contribution in [0.3, 0.4) is 0 Å². The molecule has 0 spiro atoms. The number of ether oxygens (including phenoxy) is 1. The van der Waals surface area contributed by atoms with Crippen molar-refractivity contribution in [2.45, 2.75) is 19.1 Å². The number of nitrogens with one attached hydrogen (secondary N) is 2. The molecule has 0 bridgehead atoms. The van der Waals surface area contributed by atoms with Gasteiger partial charge in [0.25, 0.3) is 5.91 Å². The third-order valence-electron chi connectivity index (χ3n) is 5.60. The van der Waals surface area contributed by atoms with Crippen LogP contribution in [0.25, 0.3) is 0 Å². The smallest absolute Gasteiger partial charge is 0.251 e. The molecule has 0 heterocycles. The Kier molecular flexibility index (Phi) is 9.84. The summed E-state index contributed by atoms with van der Waals surface area (Å²) in [6.07, 6.45) is 1.59. The van der Waals surface area contributed by atoms with Crippen molar-refractivity contribution in [2.75, 3.05) is 0 Å². The Balaban J connectivity index is 1.34. The number of carbonyl (C=O) groups is 2. The molecule has 0 aliphatic rings. The van der Waals surface area contributed by atoms with E-state index >= 15 is 0 Å². The quantitative estimate of drug-likeness (QED) is 0.149. The third kappa shape index (κ3) is 8.13. The lowest BCUT2D eigenvalue weighted by atomic mass is 10.0. The summed E-state index contributed by atoms with van der Waals surface area (Å²) in [6.45, 7) is 0.443. The number of halogens is 2. The summed E-state index contributed by atoms with van der Waals surface area (Å²) in [5, 5.41) is 7.05. The predicted molar refractivity (Wildman–Crippen MR) is 156 cm³/mol. The van der Waals surface area contributed by atoms with E-state index < -0.39 is 6.04 Å². The van der Waals surface area contributed by atoms with Crippen LogP contribution in [-0.2, 0) is 11.4 Å². The maximum atomic E-state index is 12.7. The van der Waals surface area contributed by atoms with Crippen LogP contribution in [0.4, 0.5) is 0 Å². The molecule has 0 unspecified atom stereocenters. The summed E-state index contributed by atoms with van der Waals surface area (Å²) in [7, 11) is 0. The molecule has 1 atom stereocenters. The number of hydrogen-bond acceptors (Lipinski definition) is 4. The van der Waals surface area contributed by atoms with Crippen molar-refractivity contribution in [1.82, 2.24) is 10.7 Å². The van der Waals surface area contributed by atoms with Crippen LogP contribution in [0.1, 0.15) is 39.5 Å². The van der Waals surface area contributed by atoms with E-state index in [4.69, 9.17) is 4.74 Å². The van der Waals surface area contributed by atoms with E-state index in [-0.39, 0.29) is 18.2 Å². The van der Waals surface area contributed by atoms with E-state index in [1.807, 2.05) is 78.9 Å². The third-order valence-corrected chi connectivity index (χ3v) is 6.75. The highest BCUT2D eigenvalue weighted by Gasteiger charge is 2.19. The highest BCUT2D eigenvalue weighted by atomic mass is 79.9. The molecule has 38 heavy (non-hydrogen) atoms. The van der Waals surface area contributed by atoms with Crippen molar-refractivity contribution < 1.29 is 14.3 Å². The SMILES string of the molecule is O=C(C[C@H](NC(=O)c1ccccc1)c1ccccc1)N/N=C\c1ccc(OCc2ccc(Br)cc2)c(Br)c1.